The van der Waals surface area contributed by atoms with E-state index in [0.717, 1.165) is 6.42 Å². The van der Waals surface area contributed by atoms with Crippen molar-refractivity contribution in [3.8, 4) is 0 Å². The Balaban J connectivity index is 0. The first kappa shape index (κ1) is 12.6. The summed E-state index contributed by atoms with van der Waals surface area (Å²) >= 11 is 0. The van der Waals surface area contributed by atoms with E-state index in [1.165, 1.54) is 0 Å². The third-order valence-corrected chi connectivity index (χ3v) is 1.98. The van der Waals surface area contributed by atoms with Crippen LogP contribution in [0.1, 0.15) is 48.9 Å². The minimum absolute atomic E-state index is 0. The summed E-state index contributed by atoms with van der Waals surface area (Å²) in [5.74, 6) is 0.911. The molecule has 2 nitrogen and oxygen atoms in total. The van der Waals surface area contributed by atoms with Crippen molar-refractivity contribution in [2.45, 2.75) is 59.5 Å². The lowest BCUT2D eigenvalue weighted by Gasteiger charge is -2.21. The second-order valence-corrected chi connectivity index (χ2v) is 4.32. The summed E-state index contributed by atoms with van der Waals surface area (Å²) in [6.45, 7) is 10.4. The van der Waals surface area contributed by atoms with Crippen LogP contribution in [0.2, 0.25) is 0 Å². The average Bonchev–Trinajstić information content (AvgIpc) is 2.00. The van der Waals surface area contributed by atoms with Crippen molar-refractivity contribution >= 4 is 5.78 Å². The van der Waals surface area contributed by atoms with Crippen molar-refractivity contribution < 1.29 is 6.22 Å². The Hall–Kier alpha value is -0.370. The van der Waals surface area contributed by atoms with Crippen LogP contribution in [-0.4, -0.2) is 17.9 Å². The Kier molecular flexibility index (Phi) is 5.97. The molecule has 0 amide bonds. The fourth-order valence-corrected chi connectivity index (χ4v) is 1.41. The summed E-state index contributed by atoms with van der Waals surface area (Å²) in [5, 5.41) is 3.31. The van der Waals surface area contributed by atoms with Crippen molar-refractivity contribution in [2.75, 3.05) is 0 Å². The van der Waals surface area contributed by atoms with Crippen LogP contribution in [0, 0.1) is 5.92 Å². The maximum atomic E-state index is 11.5. The lowest BCUT2D eigenvalue weighted by Crippen LogP contribution is -2.41. The molecule has 2 heteroatoms. The molecule has 0 bridgehead atoms. The Morgan fingerprint density at radius 3 is 2.15 bits per heavy atom. The lowest BCUT2D eigenvalue weighted by atomic mass is 9.98. The lowest BCUT2D eigenvalue weighted by molar-refractivity contribution is -0.121. The van der Waals surface area contributed by atoms with Crippen LogP contribution < -0.4 is 5.32 Å². The van der Waals surface area contributed by atoms with Gasteiger partial charge in [0.05, 0.1) is 6.04 Å². The van der Waals surface area contributed by atoms with Gasteiger partial charge >= 0.3 is 0 Å². The number of hydrogen-bond donors (Lipinski definition) is 1. The molecule has 0 unspecified atom stereocenters. The minimum Gasteiger partial charge on any atom is -0.305 e. The SMILES string of the molecule is CCC(=O)[C@H](CC(C)C)NC(C)C.[HH]. The fourth-order valence-electron chi connectivity index (χ4n) is 1.41. The van der Waals surface area contributed by atoms with E-state index < -0.39 is 0 Å². The van der Waals surface area contributed by atoms with E-state index in [-0.39, 0.29) is 7.47 Å². The van der Waals surface area contributed by atoms with Crippen molar-refractivity contribution in [1.29, 1.82) is 0 Å². The molecule has 0 saturated heterocycles. The summed E-state index contributed by atoms with van der Waals surface area (Å²) < 4.78 is 0. The van der Waals surface area contributed by atoms with E-state index in [0.29, 0.717) is 24.2 Å². The Bertz CT molecular complexity index is 147. The van der Waals surface area contributed by atoms with Gasteiger partial charge in [0, 0.05) is 13.9 Å². The van der Waals surface area contributed by atoms with Gasteiger partial charge in [-0.3, -0.25) is 4.79 Å². The smallest absolute Gasteiger partial charge is 0.149 e. The van der Waals surface area contributed by atoms with Crippen LogP contribution >= 0.6 is 0 Å². The topological polar surface area (TPSA) is 29.1 Å². The molecule has 0 aliphatic rings. The van der Waals surface area contributed by atoms with Crippen LogP contribution in [0.15, 0.2) is 0 Å². The Morgan fingerprint density at radius 2 is 1.85 bits per heavy atom. The zero-order valence-corrected chi connectivity index (χ0v) is 9.55. The molecule has 1 N–H and O–H groups in total. The summed E-state index contributed by atoms with van der Waals surface area (Å²) in [6.07, 6.45) is 1.59. The molecule has 0 spiro atoms. The van der Waals surface area contributed by atoms with Crippen LogP contribution in [-0.2, 0) is 4.79 Å². The van der Waals surface area contributed by atoms with Gasteiger partial charge in [-0.1, -0.05) is 34.6 Å². The molecule has 0 aromatic rings. The largest absolute Gasteiger partial charge is 0.305 e. The third kappa shape index (κ3) is 5.81. The molecule has 0 heterocycles. The molecular formula is C11H25NO. The Morgan fingerprint density at radius 1 is 1.31 bits per heavy atom. The molecule has 13 heavy (non-hydrogen) atoms. The normalized spacial score (nSPS) is 13.8. The van der Waals surface area contributed by atoms with Crippen molar-refractivity contribution in [1.82, 2.24) is 5.32 Å². The molecular weight excluding hydrogens is 162 g/mol. The summed E-state index contributed by atoms with van der Waals surface area (Å²) in [4.78, 5) is 11.5. The van der Waals surface area contributed by atoms with Crippen molar-refractivity contribution in [2.24, 2.45) is 5.92 Å². The van der Waals surface area contributed by atoms with Gasteiger partial charge in [0.15, 0.2) is 0 Å². The van der Waals surface area contributed by atoms with Gasteiger partial charge < -0.3 is 5.32 Å². The van der Waals surface area contributed by atoms with Gasteiger partial charge in [-0.25, -0.2) is 0 Å². The zero-order chi connectivity index (χ0) is 10.4. The zero-order valence-electron chi connectivity index (χ0n) is 9.55. The van der Waals surface area contributed by atoms with Crippen LogP contribution in [0.25, 0.3) is 0 Å². The second kappa shape index (κ2) is 6.14. The average molecular weight is 187 g/mol. The quantitative estimate of drug-likeness (QED) is 0.692. The van der Waals surface area contributed by atoms with Crippen molar-refractivity contribution in [3.05, 3.63) is 0 Å². The highest BCUT2D eigenvalue weighted by molar-refractivity contribution is 5.83. The second-order valence-electron chi connectivity index (χ2n) is 4.32. The predicted octanol–water partition coefficient (Wildman–Crippen LogP) is 2.62. The van der Waals surface area contributed by atoms with Gasteiger partial charge in [-0.2, -0.15) is 0 Å². The summed E-state index contributed by atoms with van der Waals surface area (Å²) in [7, 11) is 0. The number of ketones is 1. The van der Waals surface area contributed by atoms with E-state index in [2.05, 4.69) is 33.0 Å². The number of carbonyl (C=O) groups excluding carboxylic acids is 1. The molecule has 0 aliphatic carbocycles. The summed E-state index contributed by atoms with van der Waals surface area (Å²) in [6, 6.07) is 0.448. The highest BCUT2D eigenvalue weighted by Crippen LogP contribution is 2.07. The van der Waals surface area contributed by atoms with E-state index >= 15 is 0 Å². The standard InChI is InChI=1S/C11H23NO.H2/c1-6-11(13)10(7-8(2)3)12-9(4)5;/h8-10,12H,6-7H2,1-5H3;1H/t10-;/m0./s1. The van der Waals surface area contributed by atoms with E-state index in [1.54, 1.807) is 0 Å². The molecule has 80 valence electrons. The number of hydrogen-bond acceptors (Lipinski definition) is 2. The van der Waals surface area contributed by atoms with Gasteiger partial charge in [0.2, 0.25) is 0 Å². The van der Waals surface area contributed by atoms with Crippen LogP contribution in [0.3, 0.4) is 0 Å². The van der Waals surface area contributed by atoms with E-state index in [4.69, 9.17) is 0 Å². The van der Waals surface area contributed by atoms with Gasteiger partial charge in [-0.15, -0.1) is 0 Å². The van der Waals surface area contributed by atoms with Gasteiger partial charge in [-0.05, 0) is 12.3 Å². The number of rotatable bonds is 6. The highest BCUT2D eigenvalue weighted by Gasteiger charge is 2.17. The first-order chi connectivity index (χ1) is 5.97. The molecule has 1 atom stereocenters. The van der Waals surface area contributed by atoms with Crippen molar-refractivity contribution in [3.63, 3.8) is 0 Å². The third-order valence-electron chi connectivity index (χ3n) is 1.98. The predicted molar refractivity (Wildman–Crippen MR) is 58.9 cm³/mol. The first-order valence-corrected chi connectivity index (χ1v) is 5.26. The van der Waals surface area contributed by atoms with Gasteiger partial charge in [0.25, 0.3) is 0 Å². The number of carbonyl (C=O) groups is 1. The summed E-state index contributed by atoms with van der Waals surface area (Å²) in [5.41, 5.74) is 0. The molecule has 0 aromatic heterocycles. The number of Topliss-reactive ketones (excluding diaryl/α,β-unsaturated/α-hetero) is 1. The molecule has 0 aliphatic heterocycles. The molecule has 0 rings (SSSR count). The maximum absolute atomic E-state index is 11.5. The molecule has 0 aromatic carbocycles. The molecule has 0 radical (unpaired) electrons. The van der Waals surface area contributed by atoms with Gasteiger partial charge in [0.1, 0.15) is 5.78 Å². The maximum Gasteiger partial charge on any atom is 0.149 e. The van der Waals surface area contributed by atoms with Crippen LogP contribution in [0.4, 0.5) is 0 Å². The fraction of sp³-hybridized carbons (Fsp3) is 0.909. The monoisotopic (exact) mass is 187 g/mol. The first-order valence-electron chi connectivity index (χ1n) is 5.26. The number of nitrogens with one attached hydrogen (secondary N) is 1. The van der Waals surface area contributed by atoms with E-state index in [9.17, 15) is 4.79 Å². The minimum atomic E-state index is 0. The van der Waals surface area contributed by atoms with E-state index in [1.807, 2.05) is 6.92 Å². The Labute approximate surface area is 83.6 Å². The highest BCUT2D eigenvalue weighted by atomic mass is 16.1. The molecule has 0 fully saturated rings. The van der Waals surface area contributed by atoms with Crippen LogP contribution in [0.5, 0.6) is 0 Å². The molecule has 0 saturated carbocycles.